The molecule has 0 aromatic heterocycles. The molecule has 0 aliphatic rings. The van der Waals surface area contributed by atoms with E-state index in [0.717, 1.165) is 16.9 Å². The molecule has 0 atom stereocenters. The normalized spacial score (nSPS) is 9.85. The van der Waals surface area contributed by atoms with Crippen LogP contribution in [0.15, 0.2) is 42.5 Å². The fourth-order valence-corrected chi connectivity index (χ4v) is 2.05. The number of hydrogen-bond acceptors (Lipinski definition) is 3. The third kappa shape index (κ3) is 3.23. The van der Waals surface area contributed by atoms with Gasteiger partial charge in [0.15, 0.2) is 0 Å². The predicted octanol–water partition coefficient (Wildman–Crippen LogP) is 3.88. The molecule has 0 spiro atoms. The molecule has 0 heterocycles. The highest BCUT2D eigenvalue weighted by Gasteiger charge is 2.07. The fourth-order valence-electron chi connectivity index (χ4n) is 1.84. The maximum atomic E-state index is 9.04. The summed E-state index contributed by atoms with van der Waals surface area (Å²) in [7, 11) is 1.61. The van der Waals surface area contributed by atoms with E-state index in [2.05, 4.69) is 6.07 Å². The molecule has 3 nitrogen and oxygen atoms in total. The topological polar surface area (TPSA) is 42.2 Å². The molecule has 0 saturated carbocycles. The van der Waals surface area contributed by atoms with Crippen molar-refractivity contribution in [1.29, 1.82) is 5.26 Å². The van der Waals surface area contributed by atoms with E-state index in [0.29, 0.717) is 23.8 Å². The van der Waals surface area contributed by atoms with Crippen molar-refractivity contribution in [2.24, 2.45) is 0 Å². The molecule has 0 amide bonds. The number of benzene rings is 2. The third-order valence-electron chi connectivity index (χ3n) is 2.93. The van der Waals surface area contributed by atoms with E-state index >= 15 is 0 Å². The smallest absolute Gasteiger partial charge is 0.124 e. The number of nitriles is 1. The van der Waals surface area contributed by atoms with Crippen LogP contribution in [0.5, 0.6) is 11.5 Å². The standard InChI is InChI=1S/C16H14ClNO2/c1-19-15-6-7-16(14(8-15)9-17)20-11-13-5-3-2-4-12(13)10-18/h2-8H,9,11H2,1H3. The van der Waals surface area contributed by atoms with E-state index in [1.165, 1.54) is 0 Å². The Morgan fingerprint density at radius 3 is 2.65 bits per heavy atom. The molecule has 0 fully saturated rings. The molecule has 2 aromatic rings. The molecule has 0 unspecified atom stereocenters. The average molecular weight is 288 g/mol. The monoisotopic (exact) mass is 287 g/mol. The fraction of sp³-hybridized carbons (Fsp3) is 0.188. The third-order valence-corrected chi connectivity index (χ3v) is 3.22. The van der Waals surface area contributed by atoms with Crippen molar-refractivity contribution >= 4 is 11.6 Å². The van der Waals surface area contributed by atoms with E-state index in [1.54, 1.807) is 13.2 Å². The first-order valence-corrected chi connectivity index (χ1v) is 6.65. The van der Waals surface area contributed by atoms with Crippen LogP contribution in [-0.4, -0.2) is 7.11 Å². The summed E-state index contributed by atoms with van der Waals surface area (Å²) < 4.78 is 10.9. The van der Waals surface area contributed by atoms with Crippen molar-refractivity contribution in [3.8, 4) is 17.6 Å². The summed E-state index contributed by atoms with van der Waals surface area (Å²) in [5.41, 5.74) is 2.33. The molecule has 2 aromatic carbocycles. The van der Waals surface area contributed by atoms with Crippen LogP contribution in [0.4, 0.5) is 0 Å². The Morgan fingerprint density at radius 2 is 1.95 bits per heavy atom. The highest BCUT2D eigenvalue weighted by atomic mass is 35.5. The van der Waals surface area contributed by atoms with Crippen molar-refractivity contribution in [3.05, 3.63) is 59.2 Å². The molecular weight excluding hydrogens is 274 g/mol. The Bertz CT molecular complexity index is 635. The lowest BCUT2D eigenvalue weighted by Gasteiger charge is -2.12. The molecule has 0 saturated heterocycles. The van der Waals surface area contributed by atoms with E-state index in [9.17, 15) is 0 Å². The number of halogens is 1. The van der Waals surface area contributed by atoms with Crippen LogP contribution in [0.1, 0.15) is 16.7 Å². The number of hydrogen-bond donors (Lipinski definition) is 0. The van der Waals surface area contributed by atoms with Crippen molar-refractivity contribution < 1.29 is 9.47 Å². The first-order chi connectivity index (χ1) is 9.78. The second-order valence-corrected chi connectivity index (χ2v) is 4.43. The van der Waals surface area contributed by atoms with Crippen LogP contribution in [0, 0.1) is 11.3 Å². The van der Waals surface area contributed by atoms with Gasteiger partial charge in [0.05, 0.1) is 24.6 Å². The Hall–Kier alpha value is -2.18. The van der Waals surface area contributed by atoms with E-state index < -0.39 is 0 Å². The van der Waals surface area contributed by atoms with Gasteiger partial charge in [-0.25, -0.2) is 0 Å². The molecule has 2 rings (SSSR count). The van der Waals surface area contributed by atoms with Crippen LogP contribution < -0.4 is 9.47 Å². The molecule has 102 valence electrons. The summed E-state index contributed by atoms with van der Waals surface area (Å²) in [6, 6.07) is 15.0. The van der Waals surface area contributed by atoms with Gasteiger partial charge in [-0.2, -0.15) is 5.26 Å². The summed E-state index contributed by atoms with van der Waals surface area (Å²) in [6.07, 6.45) is 0. The number of ether oxygens (including phenoxy) is 2. The molecule has 0 aliphatic heterocycles. The van der Waals surface area contributed by atoms with Gasteiger partial charge in [-0.3, -0.25) is 0 Å². The largest absolute Gasteiger partial charge is 0.497 e. The Morgan fingerprint density at radius 1 is 1.15 bits per heavy atom. The molecule has 0 N–H and O–H groups in total. The Labute approximate surface area is 123 Å². The van der Waals surface area contributed by atoms with Crippen LogP contribution >= 0.6 is 11.6 Å². The van der Waals surface area contributed by atoms with Gasteiger partial charge in [-0.15, -0.1) is 11.6 Å². The summed E-state index contributed by atoms with van der Waals surface area (Å²) in [6.45, 7) is 0.333. The minimum atomic E-state index is 0.333. The quantitative estimate of drug-likeness (QED) is 0.784. The lowest BCUT2D eigenvalue weighted by atomic mass is 10.1. The number of rotatable bonds is 5. The number of methoxy groups -OCH3 is 1. The summed E-state index contributed by atoms with van der Waals surface area (Å²) in [5, 5.41) is 9.04. The van der Waals surface area contributed by atoms with Gasteiger partial charge in [0.25, 0.3) is 0 Å². The van der Waals surface area contributed by atoms with Crippen molar-refractivity contribution in [2.45, 2.75) is 12.5 Å². The molecule has 0 aliphatic carbocycles. The zero-order chi connectivity index (χ0) is 14.4. The SMILES string of the molecule is COc1ccc(OCc2ccccc2C#N)c(CCl)c1. The van der Waals surface area contributed by atoms with Gasteiger partial charge in [-0.05, 0) is 24.3 Å². The maximum absolute atomic E-state index is 9.04. The summed E-state index contributed by atoms with van der Waals surface area (Å²) in [5.74, 6) is 1.78. The lowest BCUT2D eigenvalue weighted by Crippen LogP contribution is -2.00. The zero-order valence-electron chi connectivity index (χ0n) is 11.1. The van der Waals surface area contributed by atoms with Gasteiger partial charge < -0.3 is 9.47 Å². The van der Waals surface area contributed by atoms with Crippen molar-refractivity contribution in [3.63, 3.8) is 0 Å². The van der Waals surface area contributed by atoms with E-state index in [1.807, 2.05) is 36.4 Å². The molecular formula is C16H14ClNO2. The second kappa shape index (κ2) is 6.83. The van der Waals surface area contributed by atoms with Crippen molar-refractivity contribution in [1.82, 2.24) is 0 Å². The predicted molar refractivity (Wildman–Crippen MR) is 78.0 cm³/mol. The zero-order valence-corrected chi connectivity index (χ0v) is 11.9. The molecule has 4 heteroatoms. The van der Waals surface area contributed by atoms with Crippen LogP contribution in [-0.2, 0) is 12.5 Å². The molecule has 0 radical (unpaired) electrons. The number of nitrogens with zero attached hydrogens (tertiary/aromatic N) is 1. The van der Waals surface area contributed by atoms with Crippen molar-refractivity contribution in [2.75, 3.05) is 7.11 Å². The van der Waals surface area contributed by atoms with Gasteiger partial charge in [0.2, 0.25) is 0 Å². The highest BCUT2D eigenvalue weighted by Crippen LogP contribution is 2.26. The second-order valence-electron chi connectivity index (χ2n) is 4.16. The minimum Gasteiger partial charge on any atom is -0.497 e. The minimum absolute atomic E-state index is 0.333. The summed E-state index contributed by atoms with van der Waals surface area (Å²) in [4.78, 5) is 0. The van der Waals surface area contributed by atoms with Gasteiger partial charge >= 0.3 is 0 Å². The first kappa shape index (κ1) is 14.2. The Balaban J connectivity index is 2.17. The van der Waals surface area contributed by atoms with Gasteiger partial charge in [0.1, 0.15) is 18.1 Å². The summed E-state index contributed by atoms with van der Waals surface area (Å²) >= 11 is 5.91. The highest BCUT2D eigenvalue weighted by molar-refractivity contribution is 6.17. The van der Waals surface area contributed by atoms with Gasteiger partial charge in [-0.1, -0.05) is 18.2 Å². The average Bonchev–Trinajstić information content (AvgIpc) is 2.52. The van der Waals surface area contributed by atoms with E-state index in [-0.39, 0.29) is 0 Å². The maximum Gasteiger partial charge on any atom is 0.124 e. The van der Waals surface area contributed by atoms with Crippen LogP contribution in [0.3, 0.4) is 0 Å². The lowest BCUT2D eigenvalue weighted by molar-refractivity contribution is 0.302. The Kier molecular flexibility index (Phi) is 4.86. The van der Waals surface area contributed by atoms with E-state index in [4.69, 9.17) is 26.3 Å². The number of alkyl halides is 1. The first-order valence-electron chi connectivity index (χ1n) is 6.12. The van der Waals surface area contributed by atoms with Gasteiger partial charge in [0, 0.05) is 11.1 Å². The van der Waals surface area contributed by atoms with Crippen LogP contribution in [0.25, 0.3) is 0 Å². The molecule has 0 bridgehead atoms. The van der Waals surface area contributed by atoms with Crippen LogP contribution in [0.2, 0.25) is 0 Å². The molecule has 20 heavy (non-hydrogen) atoms.